The minimum absolute atomic E-state index is 0.308. The van der Waals surface area contributed by atoms with Crippen molar-refractivity contribution in [2.75, 3.05) is 13.1 Å². The van der Waals surface area contributed by atoms with Crippen LogP contribution in [0.1, 0.15) is 16.8 Å². The standard InChI is InChI=1S/C20H17Cl2N5O/c21-17-9-13(7-12-3-1-5-24-18(12)17)16-11-26-19-15(16)8-14(10-25-19)20(28)27(22)6-2-4-23/h1,3,5,7-11H,2,4,6,23H2,(H,25,26). The normalized spacial score (nSPS) is 11.2. The highest BCUT2D eigenvalue weighted by Crippen LogP contribution is 2.33. The van der Waals surface area contributed by atoms with Gasteiger partial charge in [0, 0.05) is 53.2 Å². The number of nitrogens with zero attached hydrogens (tertiary/aromatic N) is 3. The molecular weight excluding hydrogens is 397 g/mol. The van der Waals surface area contributed by atoms with Crippen molar-refractivity contribution >= 4 is 51.2 Å². The fraction of sp³-hybridized carbons (Fsp3) is 0.150. The molecule has 0 radical (unpaired) electrons. The second-order valence-electron chi connectivity index (χ2n) is 6.39. The summed E-state index contributed by atoms with van der Waals surface area (Å²) in [7, 11) is 0. The summed E-state index contributed by atoms with van der Waals surface area (Å²) in [6.07, 6.45) is 5.71. The van der Waals surface area contributed by atoms with E-state index in [2.05, 4.69) is 15.0 Å². The van der Waals surface area contributed by atoms with E-state index < -0.39 is 0 Å². The lowest BCUT2D eigenvalue weighted by atomic mass is 10.0. The average molecular weight is 414 g/mol. The Morgan fingerprint density at radius 2 is 2.11 bits per heavy atom. The van der Waals surface area contributed by atoms with Crippen LogP contribution in [0.15, 0.2) is 48.9 Å². The highest BCUT2D eigenvalue weighted by Gasteiger charge is 2.17. The van der Waals surface area contributed by atoms with Crippen LogP contribution in [0.5, 0.6) is 0 Å². The van der Waals surface area contributed by atoms with Crippen molar-refractivity contribution < 1.29 is 4.79 Å². The Morgan fingerprint density at radius 3 is 2.93 bits per heavy atom. The number of aromatic nitrogens is 3. The molecule has 1 aromatic carbocycles. The first-order chi connectivity index (χ1) is 13.6. The van der Waals surface area contributed by atoms with E-state index in [1.807, 2.05) is 30.5 Å². The zero-order valence-electron chi connectivity index (χ0n) is 14.8. The molecule has 0 unspecified atom stereocenters. The number of amides is 1. The summed E-state index contributed by atoms with van der Waals surface area (Å²) in [5, 5.41) is 2.32. The van der Waals surface area contributed by atoms with Gasteiger partial charge in [0.2, 0.25) is 0 Å². The van der Waals surface area contributed by atoms with Crippen LogP contribution in [-0.2, 0) is 0 Å². The predicted molar refractivity (Wildman–Crippen MR) is 112 cm³/mol. The molecule has 8 heteroatoms. The number of fused-ring (bicyclic) bond motifs is 2. The molecule has 4 aromatic rings. The summed E-state index contributed by atoms with van der Waals surface area (Å²) in [6.45, 7) is 0.843. The fourth-order valence-corrected chi connectivity index (χ4v) is 3.63. The third kappa shape index (κ3) is 3.42. The number of nitrogens with two attached hydrogens (primary N) is 1. The van der Waals surface area contributed by atoms with Crippen LogP contribution < -0.4 is 5.73 Å². The second kappa shape index (κ2) is 7.75. The van der Waals surface area contributed by atoms with Gasteiger partial charge in [0.05, 0.1) is 16.1 Å². The van der Waals surface area contributed by atoms with Crippen LogP contribution in [-0.4, -0.2) is 38.4 Å². The average Bonchev–Trinajstić information content (AvgIpc) is 3.14. The molecule has 3 aromatic heterocycles. The smallest absolute Gasteiger partial charge is 0.269 e. The van der Waals surface area contributed by atoms with Crippen LogP contribution in [0.25, 0.3) is 33.1 Å². The van der Waals surface area contributed by atoms with Gasteiger partial charge in [-0.1, -0.05) is 17.7 Å². The van der Waals surface area contributed by atoms with Crippen molar-refractivity contribution in [3.8, 4) is 11.1 Å². The minimum Gasteiger partial charge on any atom is -0.346 e. The molecular formula is C20H17Cl2N5O. The predicted octanol–water partition coefficient (Wildman–Crippen LogP) is 4.38. The SMILES string of the molecule is NCCCN(Cl)C(=O)c1cnc2[nH]cc(-c3cc(Cl)c4ncccc4c3)c2c1. The van der Waals surface area contributed by atoms with E-state index in [-0.39, 0.29) is 5.91 Å². The molecule has 0 fully saturated rings. The molecule has 0 spiro atoms. The van der Waals surface area contributed by atoms with Crippen molar-refractivity contribution in [3.05, 3.63) is 59.5 Å². The summed E-state index contributed by atoms with van der Waals surface area (Å²) < 4.78 is 1.14. The Morgan fingerprint density at radius 1 is 1.25 bits per heavy atom. The molecule has 0 aliphatic rings. The lowest BCUT2D eigenvalue weighted by Crippen LogP contribution is -2.24. The van der Waals surface area contributed by atoms with Gasteiger partial charge in [0.1, 0.15) is 5.65 Å². The molecule has 0 saturated heterocycles. The van der Waals surface area contributed by atoms with Crippen molar-refractivity contribution in [1.29, 1.82) is 0 Å². The first kappa shape index (κ1) is 18.7. The summed E-state index contributed by atoms with van der Waals surface area (Å²) in [5.74, 6) is -0.308. The van der Waals surface area contributed by atoms with Gasteiger partial charge >= 0.3 is 0 Å². The van der Waals surface area contributed by atoms with Crippen LogP contribution in [0.4, 0.5) is 0 Å². The number of hydrogen-bond acceptors (Lipinski definition) is 4. The maximum absolute atomic E-state index is 12.6. The van der Waals surface area contributed by atoms with Crippen LogP contribution >= 0.6 is 23.4 Å². The van der Waals surface area contributed by atoms with Gasteiger partial charge in [-0.3, -0.25) is 14.2 Å². The summed E-state index contributed by atoms with van der Waals surface area (Å²) in [5.41, 5.74) is 9.13. The summed E-state index contributed by atoms with van der Waals surface area (Å²) >= 11 is 12.5. The topological polar surface area (TPSA) is 87.9 Å². The molecule has 4 rings (SSSR count). The highest BCUT2D eigenvalue weighted by atomic mass is 35.5. The Kier molecular flexibility index (Phi) is 5.17. The molecule has 28 heavy (non-hydrogen) atoms. The second-order valence-corrected chi connectivity index (χ2v) is 7.20. The molecule has 0 aliphatic carbocycles. The maximum Gasteiger partial charge on any atom is 0.269 e. The molecule has 0 atom stereocenters. The number of pyridine rings is 2. The van der Waals surface area contributed by atoms with E-state index in [9.17, 15) is 4.79 Å². The van der Waals surface area contributed by atoms with E-state index in [1.54, 1.807) is 12.3 Å². The van der Waals surface area contributed by atoms with E-state index >= 15 is 0 Å². The van der Waals surface area contributed by atoms with E-state index in [1.165, 1.54) is 6.20 Å². The third-order valence-corrected chi connectivity index (χ3v) is 5.14. The number of halogens is 2. The van der Waals surface area contributed by atoms with Crippen molar-refractivity contribution in [2.24, 2.45) is 5.73 Å². The Labute approximate surface area is 171 Å². The van der Waals surface area contributed by atoms with Crippen molar-refractivity contribution in [2.45, 2.75) is 6.42 Å². The number of H-pyrrole nitrogens is 1. The molecule has 6 nitrogen and oxygen atoms in total. The number of nitrogens with one attached hydrogen (secondary N) is 1. The fourth-order valence-electron chi connectivity index (χ4n) is 3.13. The molecule has 1 amide bonds. The number of carbonyl (C=O) groups is 1. The van der Waals surface area contributed by atoms with Gasteiger partial charge in [-0.05, 0) is 42.8 Å². The van der Waals surface area contributed by atoms with Crippen LogP contribution in [0.3, 0.4) is 0 Å². The minimum atomic E-state index is -0.308. The van der Waals surface area contributed by atoms with Gasteiger partial charge < -0.3 is 10.7 Å². The van der Waals surface area contributed by atoms with E-state index in [0.29, 0.717) is 35.7 Å². The Balaban J connectivity index is 1.78. The lowest BCUT2D eigenvalue weighted by molar-refractivity contribution is 0.0863. The quantitative estimate of drug-likeness (QED) is 0.475. The van der Waals surface area contributed by atoms with Crippen LogP contribution in [0.2, 0.25) is 5.02 Å². The zero-order valence-corrected chi connectivity index (χ0v) is 16.3. The van der Waals surface area contributed by atoms with Crippen molar-refractivity contribution in [3.63, 3.8) is 0 Å². The zero-order chi connectivity index (χ0) is 19.7. The molecule has 0 aliphatic heterocycles. The molecule has 3 heterocycles. The summed E-state index contributed by atoms with van der Waals surface area (Å²) in [6, 6.07) is 9.49. The van der Waals surface area contributed by atoms with Gasteiger partial charge in [-0.25, -0.2) is 4.98 Å². The molecule has 0 saturated carbocycles. The highest BCUT2D eigenvalue weighted by molar-refractivity contribution is 6.35. The molecule has 0 bridgehead atoms. The van der Waals surface area contributed by atoms with Crippen molar-refractivity contribution in [1.82, 2.24) is 19.4 Å². The number of hydrogen-bond donors (Lipinski definition) is 2. The van der Waals surface area contributed by atoms with Gasteiger partial charge in [0.15, 0.2) is 0 Å². The third-order valence-electron chi connectivity index (χ3n) is 4.53. The molecule has 3 N–H and O–H groups in total. The monoisotopic (exact) mass is 413 g/mol. The number of carbonyl (C=O) groups excluding carboxylic acids is 1. The summed E-state index contributed by atoms with van der Waals surface area (Å²) in [4.78, 5) is 24.4. The number of benzene rings is 1. The Hall–Kier alpha value is -2.67. The van der Waals surface area contributed by atoms with Gasteiger partial charge in [-0.15, -0.1) is 0 Å². The van der Waals surface area contributed by atoms with E-state index in [0.717, 1.165) is 31.8 Å². The maximum atomic E-state index is 12.6. The first-order valence-electron chi connectivity index (χ1n) is 8.78. The Bertz CT molecular complexity index is 1170. The van der Waals surface area contributed by atoms with E-state index in [4.69, 9.17) is 29.1 Å². The van der Waals surface area contributed by atoms with Crippen LogP contribution in [0, 0.1) is 0 Å². The largest absolute Gasteiger partial charge is 0.346 e. The molecule has 142 valence electrons. The van der Waals surface area contributed by atoms with Gasteiger partial charge in [0.25, 0.3) is 5.91 Å². The first-order valence-corrected chi connectivity index (χ1v) is 9.49. The lowest BCUT2D eigenvalue weighted by Gasteiger charge is -2.13. The van der Waals surface area contributed by atoms with Gasteiger partial charge in [-0.2, -0.15) is 0 Å². The number of aromatic amines is 1. The number of rotatable bonds is 5.